The Hall–Kier alpha value is -2.76. The van der Waals surface area contributed by atoms with E-state index in [1.54, 1.807) is 11.0 Å². The molecule has 0 fully saturated rings. The maximum Gasteiger partial charge on any atom is 0.425 e. The Labute approximate surface area is 188 Å². The van der Waals surface area contributed by atoms with Crippen LogP contribution in [0.4, 0.5) is 23.5 Å². The van der Waals surface area contributed by atoms with Crippen molar-refractivity contribution in [2.75, 3.05) is 18.0 Å². The first kappa shape index (κ1) is 22.4. The Morgan fingerprint density at radius 3 is 2.66 bits per heavy atom. The van der Waals surface area contributed by atoms with Gasteiger partial charge in [-0.15, -0.1) is 11.3 Å². The highest BCUT2D eigenvalue weighted by Gasteiger charge is 2.32. The second-order valence-corrected chi connectivity index (χ2v) is 8.62. The van der Waals surface area contributed by atoms with Gasteiger partial charge in [-0.25, -0.2) is 14.2 Å². The van der Waals surface area contributed by atoms with Crippen molar-refractivity contribution in [3.05, 3.63) is 79.4 Å². The zero-order chi connectivity index (χ0) is 23.0. The lowest BCUT2D eigenvalue weighted by molar-refractivity contribution is -0.134. The number of halogens is 5. The van der Waals surface area contributed by atoms with Gasteiger partial charge in [0, 0.05) is 11.4 Å². The molecule has 1 N–H and O–H groups in total. The fourth-order valence-electron chi connectivity index (χ4n) is 3.27. The third-order valence-corrected chi connectivity index (χ3v) is 6.25. The van der Waals surface area contributed by atoms with Gasteiger partial charge in [-0.05, 0) is 35.4 Å². The quantitative estimate of drug-likeness (QED) is 0.568. The van der Waals surface area contributed by atoms with Crippen LogP contribution in [0.25, 0.3) is 5.57 Å². The molecule has 0 saturated heterocycles. The molecular formula is C20H15ClF4N4O2S. The number of aliphatic hydroxyl groups is 1. The maximum atomic E-state index is 13.4. The number of benzene rings is 1. The first-order valence-corrected chi connectivity index (χ1v) is 10.5. The van der Waals surface area contributed by atoms with E-state index in [1.165, 1.54) is 30.6 Å². The number of aromatic nitrogens is 3. The molecule has 3 aromatic rings. The van der Waals surface area contributed by atoms with Gasteiger partial charge in [0.15, 0.2) is 0 Å². The summed E-state index contributed by atoms with van der Waals surface area (Å²) in [7, 11) is 0. The molecular weight excluding hydrogens is 472 g/mol. The van der Waals surface area contributed by atoms with Crippen molar-refractivity contribution in [3.8, 4) is 0 Å². The molecule has 1 aliphatic rings. The standard InChI is InChI=1S/C20H15ClF4N4O2S/c21-14-7-11(1-3-15(14)22)13-5-6-28(9-16(13)30)18-26-10-29(19(31)27-18)8-12-2-4-17(32-12)20(23,24)25/h1-5,7,10,16,30H,6,8-9H2/t16-/m0/s1. The van der Waals surface area contributed by atoms with Crippen molar-refractivity contribution >= 4 is 34.5 Å². The lowest BCUT2D eigenvalue weighted by Crippen LogP contribution is -2.40. The lowest BCUT2D eigenvalue weighted by atomic mass is 9.97. The smallest absolute Gasteiger partial charge is 0.387 e. The normalized spacial score (nSPS) is 16.9. The van der Waals surface area contributed by atoms with Crippen molar-refractivity contribution < 1.29 is 22.7 Å². The summed E-state index contributed by atoms with van der Waals surface area (Å²) in [5.41, 5.74) is 0.468. The molecule has 0 bridgehead atoms. The van der Waals surface area contributed by atoms with E-state index in [-0.39, 0.29) is 30.6 Å². The van der Waals surface area contributed by atoms with E-state index < -0.39 is 28.7 Å². The molecule has 1 aromatic carbocycles. The molecule has 4 rings (SSSR count). The summed E-state index contributed by atoms with van der Waals surface area (Å²) in [6, 6.07) is 6.43. The molecule has 6 nitrogen and oxygen atoms in total. The summed E-state index contributed by atoms with van der Waals surface area (Å²) in [4.78, 5) is 21.6. The molecule has 0 saturated carbocycles. The maximum absolute atomic E-state index is 13.4. The fraction of sp³-hybridized carbons (Fsp3) is 0.250. The van der Waals surface area contributed by atoms with Crippen LogP contribution in [0, 0.1) is 5.82 Å². The number of nitrogens with zero attached hydrogens (tertiary/aromatic N) is 4. The minimum absolute atomic E-state index is 0.0573. The third-order valence-electron chi connectivity index (χ3n) is 4.84. The van der Waals surface area contributed by atoms with Crippen LogP contribution in [0.1, 0.15) is 15.3 Å². The van der Waals surface area contributed by atoms with E-state index in [4.69, 9.17) is 11.6 Å². The summed E-state index contributed by atoms with van der Waals surface area (Å²) in [5, 5.41) is 10.5. The first-order chi connectivity index (χ1) is 15.1. The highest BCUT2D eigenvalue weighted by atomic mass is 35.5. The van der Waals surface area contributed by atoms with Gasteiger partial charge in [0.2, 0.25) is 5.95 Å². The van der Waals surface area contributed by atoms with Crippen LogP contribution in [0.5, 0.6) is 0 Å². The molecule has 0 spiro atoms. The molecule has 0 radical (unpaired) electrons. The zero-order valence-corrected chi connectivity index (χ0v) is 17.8. The SMILES string of the molecule is O=c1nc(N2CC=C(c3ccc(F)c(Cl)c3)[C@@H](O)C2)ncn1Cc1ccc(C(F)(F)F)s1. The minimum atomic E-state index is -4.44. The summed E-state index contributed by atoms with van der Waals surface area (Å²) in [6.45, 7) is 0.284. The Bertz CT molecular complexity index is 1240. The van der Waals surface area contributed by atoms with Gasteiger partial charge in [0.1, 0.15) is 17.0 Å². The summed E-state index contributed by atoms with van der Waals surface area (Å²) < 4.78 is 52.7. The lowest BCUT2D eigenvalue weighted by Gasteiger charge is -2.30. The Kier molecular flexibility index (Phi) is 6.06. The van der Waals surface area contributed by atoms with Crippen molar-refractivity contribution in [3.63, 3.8) is 0 Å². The fourth-order valence-corrected chi connectivity index (χ4v) is 4.32. The van der Waals surface area contributed by atoms with Crippen molar-refractivity contribution in [1.29, 1.82) is 0 Å². The Morgan fingerprint density at radius 1 is 1.25 bits per heavy atom. The van der Waals surface area contributed by atoms with Crippen molar-refractivity contribution in [1.82, 2.24) is 14.5 Å². The average Bonchev–Trinajstić information content (AvgIpc) is 3.21. The van der Waals surface area contributed by atoms with Crippen LogP contribution in [-0.4, -0.2) is 38.8 Å². The van der Waals surface area contributed by atoms with E-state index in [0.29, 0.717) is 27.4 Å². The van der Waals surface area contributed by atoms with E-state index in [1.807, 2.05) is 0 Å². The van der Waals surface area contributed by atoms with Gasteiger partial charge in [-0.3, -0.25) is 4.57 Å². The van der Waals surface area contributed by atoms with E-state index >= 15 is 0 Å². The molecule has 2 aromatic heterocycles. The number of thiophene rings is 1. The molecule has 168 valence electrons. The molecule has 12 heteroatoms. The van der Waals surface area contributed by atoms with E-state index in [0.717, 1.165) is 10.6 Å². The largest absolute Gasteiger partial charge is 0.425 e. The second-order valence-electron chi connectivity index (χ2n) is 7.04. The van der Waals surface area contributed by atoms with E-state index in [2.05, 4.69) is 9.97 Å². The molecule has 3 heterocycles. The molecule has 0 aliphatic carbocycles. The highest BCUT2D eigenvalue weighted by Crippen LogP contribution is 2.34. The van der Waals surface area contributed by atoms with Gasteiger partial charge in [0.25, 0.3) is 0 Å². The molecule has 32 heavy (non-hydrogen) atoms. The number of alkyl halides is 3. The van der Waals surface area contributed by atoms with Crippen LogP contribution in [0.2, 0.25) is 5.02 Å². The zero-order valence-electron chi connectivity index (χ0n) is 16.2. The number of aliphatic hydroxyl groups excluding tert-OH is 1. The number of β-amino-alcohol motifs (C(OH)–C–C–N with tert-alkyl or cyclic N) is 1. The van der Waals surface area contributed by atoms with Crippen molar-refractivity contribution in [2.45, 2.75) is 18.8 Å². The van der Waals surface area contributed by atoms with Crippen LogP contribution in [0.15, 0.2) is 47.5 Å². The Balaban J connectivity index is 1.50. The predicted octanol–water partition coefficient (Wildman–Crippen LogP) is 3.82. The number of rotatable bonds is 4. The topological polar surface area (TPSA) is 71.2 Å². The van der Waals surface area contributed by atoms with Crippen LogP contribution >= 0.6 is 22.9 Å². The summed E-state index contributed by atoms with van der Waals surface area (Å²) in [5.74, 6) is -0.478. The van der Waals surface area contributed by atoms with Crippen LogP contribution in [0.3, 0.4) is 0 Å². The van der Waals surface area contributed by atoms with Gasteiger partial charge >= 0.3 is 11.9 Å². The second kappa shape index (κ2) is 8.64. The molecule has 1 atom stereocenters. The predicted molar refractivity (Wildman–Crippen MR) is 112 cm³/mol. The van der Waals surface area contributed by atoms with Crippen molar-refractivity contribution in [2.24, 2.45) is 0 Å². The number of hydrogen-bond acceptors (Lipinski definition) is 6. The minimum Gasteiger partial charge on any atom is -0.387 e. The first-order valence-electron chi connectivity index (χ1n) is 9.29. The Morgan fingerprint density at radius 2 is 2.03 bits per heavy atom. The van der Waals surface area contributed by atoms with Gasteiger partial charge in [-0.1, -0.05) is 23.7 Å². The number of hydrogen-bond donors (Lipinski definition) is 1. The third kappa shape index (κ3) is 4.69. The molecule has 0 unspecified atom stereocenters. The van der Waals surface area contributed by atoms with Crippen LogP contribution in [-0.2, 0) is 12.7 Å². The van der Waals surface area contributed by atoms with E-state index in [9.17, 15) is 27.5 Å². The van der Waals surface area contributed by atoms with Crippen LogP contribution < -0.4 is 10.6 Å². The monoisotopic (exact) mass is 486 g/mol. The highest BCUT2D eigenvalue weighted by molar-refractivity contribution is 7.12. The van der Waals surface area contributed by atoms with Gasteiger partial charge in [-0.2, -0.15) is 18.2 Å². The number of anilines is 1. The summed E-state index contributed by atoms with van der Waals surface area (Å²) >= 11 is 6.36. The van der Waals surface area contributed by atoms with Gasteiger partial charge < -0.3 is 10.0 Å². The molecule has 1 aliphatic heterocycles. The molecule has 0 amide bonds. The van der Waals surface area contributed by atoms with Gasteiger partial charge in [0.05, 0.1) is 24.2 Å². The summed E-state index contributed by atoms with van der Waals surface area (Å²) in [6.07, 6.45) is -2.47. The average molecular weight is 487 g/mol.